The molecule has 0 bridgehead atoms. The van der Waals surface area contributed by atoms with Crippen molar-refractivity contribution in [3.8, 4) is 11.8 Å². The highest BCUT2D eigenvalue weighted by atomic mass is 32.2. The lowest BCUT2D eigenvalue weighted by molar-refractivity contribution is 0.601. The van der Waals surface area contributed by atoms with Crippen LogP contribution in [0, 0.1) is 11.8 Å². The van der Waals surface area contributed by atoms with Crippen LogP contribution in [0.15, 0.2) is 53.6 Å². The number of benzene rings is 1. The van der Waals surface area contributed by atoms with E-state index >= 15 is 0 Å². The van der Waals surface area contributed by atoms with Gasteiger partial charge in [-0.25, -0.2) is 13.4 Å². The Morgan fingerprint density at radius 2 is 1.95 bits per heavy atom. The summed E-state index contributed by atoms with van der Waals surface area (Å²) < 4.78 is 26.7. The number of nitrogens with two attached hydrogens (primary N) is 1. The Morgan fingerprint density at radius 3 is 2.65 bits per heavy atom. The molecule has 0 amide bonds. The van der Waals surface area contributed by atoms with Gasteiger partial charge < -0.3 is 5.73 Å². The largest absolute Gasteiger partial charge is 0.320 e. The molecular formula is C14H13N3O2S. The molecule has 1 aromatic carbocycles. The second kappa shape index (κ2) is 6.19. The molecule has 0 atom stereocenters. The van der Waals surface area contributed by atoms with E-state index in [-0.39, 0.29) is 17.3 Å². The molecule has 1 heterocycles. The third-order valence-corrected chi connectivity index (χ3v) is 3.76. The number of rotatable bonds is 3. The van der Waals surface area contributed by atoms with E-state index in [0.29, 0.717) is 5.56 Å². The summed E-state index contributed by atoms with van der Waals surface area (Å²) in [6.45, 7) is 0.243. The SMILES string of the molecule is NCC#Cc1ccnc(NS(=O)(=O)c2ccccc2)c1. The van der Waals surface area contributed by atoms with Crippen LogP contribution in [0.3, 0.4) is 0 Å². The normalized spacial score (nSPS) is 10.4. The van der Waals surface area contributed by atoms with Crippen molar-refractivity contribution in [3.63, 3.8) is 0 Å². The van der Waals surface area contributed by atoms with Gasteiger partial charge in [0.05, 0.1) is 11.4 Å². The summed E-state index contributed by atoms with van der Waals surface area (Å²) in [6.07, 6.45) is 1.49. The zero-order valence-electron chi connectivity index (χ0n) is 10.6. The third kappa shape index (κ3) is 3.57. The van der Waals surface area contributed by atoms with Gasteiger partial charge in [-0.1, -0.05) is 30.0 Å². The monoisotopic (exact) mass is 287 g/mol. The van der Waals surface area contributed by atoms with Crippen molar-refractivity contribution >= 4 is 15.8 Å². The predicted octanol–water partition coefficient (Wildman–Crippen LogP) is 1.19. The number of nitrogens with zero attached hydrogens (tertiary/aromatic N) is 1. The van der Waals surface area contributed by atoms with E-state index in [1.54, 1.807) is 30.3 Å². The molecule has 102 valence electrons. The van der Waals surface area contributed by atoms with E-state index in [9.17, 15) is 8.42 Å². The van der Waals surface area contributed by atoms with Gasteiger partial charge in [-0.05, 0) is 24.3 Å². The molecule has 0 aliphatic heterocycles. The number of sulfonamides is 1. The van der Waals surface area contributed by atoms with Crippen molar-refractivity contribution in [2.75, 3.05) is 11.3 Å². The minimum absolute atomic E-state index is 0.181. The highest BCUT2D eigenvalue weighted by Gasteiger charge is 2.13. The van der Waals surface area contributed by atoms with Gasteiger partial charge in [-0.15, -0.1) is 0 Å². The smallest absolute Gasteiger partial charge is 0.263 e. The second-order valence-corrected chi connectivity index (χ2v) is 5.54. The number of anilines is 1. The Balaban J connectivity index is 2.26. The van der Waals surface area contributed by atoms with Crippen molar-refractivity contribution in [1.29, 1.82) is 0 Å². The van der Waals surface area contributed by atoms with E-state index in [4.69, 9.17) is 5.73 Å². The zero-order chi connectivity index (χ0) is 14.4. The average molecular weight is 287 g/mol. The first-order chi connectivity index (χ1) is 9.62. The number of aromatic nitrogens is 1. The van der Waals surface area contributed by atoms with Crippen LogP contribution in [0.4, 0.5) is 5.82 Å². The fourth-order valence-electron chi connectivity index (χ4n) is 1.51. The first-order valence-corrected chi connectivity index (χ1v) is 7.33. The number of nitrogens with one attached hydrogen (secondary N) is 1. The Kier molecular flexibility index (Phi) is 4.35. The van der Waals surface area contributed by atoms with Gasteiger partial charge in [0.2, 0.25) is 0 Å². The Bertz CT molecular complexity index is 747. The standard InChI is InChI=1S/C14H13N3O2S/c15-9-4-5-12-8-10-16-14(11-12)17-20(18,19)13-6-2-1-3-7-13/h1-3,6-8,10-11H,9,15H2,(H,16,17). The molecule has 0 spiro atoms. The van der Waals surface area contributed by atoms with Gasteiger partial charge in [0.15, 0.2) is 0 Å². The van der Waals surface area contributed by atoms with Crippen molar-refractivity contribution in [3.05, 3.63) is 54.2 Å². The molecule has 0 saturated carbocycles. The van der Waals surface area contributed by atoms with Gasteiger partial charge in [-0.3, -0.25) is 4.72 Å². The first kappa shape index (κ1) is 14.1. The van der Waals surface area contributed by atoms with Gasteiger partial charge in [0.1, 0.15) is 5.82 Å². The van der Waals surface area contributed by atoms with Crippen molar-refractivity contribution in [2.45, 2.75) is 4.90 Å². The predicted molar refractivity (Wildman–Crippen MR) is 77.4 cm³/mol. The van der Waals surface area contributed by atoms with Gasteiger partial charge in [0, 0.05) is 11.8 Å². The second-order valence-electron chi connectivity index (χ2n) is 3.85. The zero-order valence-corrected chi connectivity index (χ0v) is 11.4. The molecule has 3 N–H and O–H groups in total. The molecule has 0 unspecified atom stereocenters. The van der Waals surface area contributed by atoms with Crippen LogP contribution in [0.25, 0.3) is 0 Å². The molecule has 0 aliphatic carbocycles. The van der Waals surface area contributed by atoms with Gasteiger partial charge in [0.25, 0.3) is 10.0 Å². The fourth-order valence-corrected chi connectivity index (χ4v) is 2.53. The summed E-state index contributed by atoms with van der Waals surface area (Å²) >= 11 is 0. The summed E-state index contributed by atoms with van der Waals surface area (Å²) in [5.41, 5.74) is 5.94. The van der Waals surface area contributed by atoms with Crippen LogP contribution < -0.4 is 10.5 Å². The molecule has 2 rings (SSSR count). The van der Waals surface area contributed by atoms with Crippen molar-refractivity contribution in [2.24, 2.45) is 5.73 Å². The van der Waals surface area contributed by atoms with Crippen LogP contribution in [-0.4, -0.2) is 19.9 Å². The maximum absolute atomic E-state index is 12.1. The van der Waals surface area contributed by atoms with Crippen LogP contribution in [0.2, 0.25) is 0 Å². The van der Waals surface area contributed by atoms with Crippen molar-refractivity contribution < 1.29 is 8.42 Å². The maximum atomic E-state index is 12.1. The minimum Gasteiger partial charge on any atom is -0.320 e. The third-order valence-electron chi connectivity index (χ3n) is 2.39. The molecule has 0 fully saturated rings. The number of hydrogen-bond acceptors (Lipinski definition) is 4. The molecule has 1 aromatic heterocycles. The minimum atomic E-state index is -3.64. The van der Waals surface area contributed by atoms with E-state index in [1.807, 2.05) is 0 Å². The number of pyridine rings is 1. The molecule has 0 aliphatic rings. The maximum Gasteiger partial charge on any atom is 0.263 e. The van der Waals surface area contributed by atoms with Gasteiger partial charge >= 0.3 is 0 Å². The van der Waals surface area contributed by atoms with Crippen LogP contribution in [0.1, 0.15) is 5.56 Å². The lowest BCUT2D eigenvalue weighted by Gasteiger charge is -2.07. The van der Waals surface area contributed by atoms with E-state index in [0.717, 1.165) is 0 Å². The Morgan fingerprint density at radius 1 is 1.20 bits per heavy atom. The van der Waals surface area contributed by atoms with Crippen molar-refractivity contribution in [1.82, 2.24) is 4.98 Å². The molecule has 20 heavy (non-hydrogen) atoms. The molecular weight excluding hydrogens is 274 g/mol. The Hall–Kier alpha value is -2.36. The first-order valence-electron chi connectivity index (χ1n) is 5.85. The molecule has 5 nitrogen and oxygen atoms in total. The average Bonchev–Trinajstić information content (AvgIpc) is 2.46. The summed E-state index contributed by atoms with van der Waals surface area (Å²) in [7, 11) is -3.64. The summed E-state index contributed by atoms with van der Waals surface area (Å²) in [5.74, 6) is 5.74. The van der Waals surface area contributed by atoms with Crippen LogP contribution in [-0.2, 0) is 10.0 Å². The lowest BCUT2D eigenvalue weighted by atomic mass is 10.2. The summed E-state index contributed by atoms with van der Waals surface area (Å²) in [4.78, 5) is 4.15. The number of hydrogen-bond donors (Lipinski definition) is 2. The summed E-state index contributed by atoms with van der Waals surface area (Å²) in [5, 5.41) is 0. The summed E-state index contributed by atoms with van der Waals surface area (Å²) in [6, 6.07) is 11.3. The molecule has 6 heteroatoms. The quantitative estimate of drug-likeness (QED) is 0.830. The molecule has 0 saturated heterocycles. The van der Waals surface area contributed by atoms with Crippen LogP contribution in [0.5, 0.6) is 0 Å². The van der Waals surface area contributed by atoms with Gasteiger partial charge in [-0.2, -0.15) is 0 Å². The van der Waals surface area contributed by atoms with Crippen LogP contribution >= 0.6 is 0 Å². The Labute approximate surface area is 117 Å². The topological polar surface area (TPSA) is 85.1 Å². The van der Waals surface area contributed by atoms with E-state index in [2.05, 4.69) is 21.5 Å². The molecule has 0 radical (unpaired) electrons. The fraction of sp³-hybridized carbons (Fsp3) is 0.0714. The highest BCUT2D eigenvalue weighted by molar-refractivity contribution is 7.92. The van der Waals surface area contributed by atoms with E-state index < -0.39 is 10.0 Å². The highest BCUT2D eigenvalue weighted by Crippen LogP contribution is 2.14. The lowest BCUT2D eigenvalue weighted by Crippen LogP contribution is -2.13. The van der Waals surface area contributed by atoms with E-state index in [1.165, 1.54) is 18.3 Å². The molecule has 2 aromatic rings.